The Balaban J connectivity index is 2.11. The van der Waals surface area contributed by atoms with Crippen LogP contribution in [-0.4, -0.2) is 33.4 Å². The zero-order chi connectivity index (χ0) is 13.1. The third-order valence-corrected chi connectivity index (χ3v) is 3.36. The maximum atomic E-state index is 11.3. The van der Waals surface area contributed by atoms with Crippen molar-refractivity contribution in [1.29, 1.82) is 0 Å². The topological polar surface area (TPSA) is 85.2 Å². The van der Waals surface area contributed by atoms with Gasteiger partial charge in [-0.1, -0.05) is 12.2 Å². The number of likely N-dealkylation sites (tertiary alicyclic amines) is 1. The fourth-order valence-corrected chi connectivity index (χ4v) is 2.39. The van der Waals surface area contributed by atoms with Crippen LogP contribution in [0.4, 0.5) is 0 Å². The highest BCUT2D eigenvalue weighted by Crippen LogP contribution is 2.19. The van der Waals surface area contributed by atoms with Gasteiger partial charge in [0.25, 0.3) is 0 Å². The lowest BCUT2D eigenvalue weighted by Crippen LogP contribution is -2.39. The van der Waals surface area contributed by atoms with Gasteiger partial charge in [0.15, 0.2) is 0 Å². The van der Waals surface area contributed by atoms with E-state index in [1.165, 1.54) is 0 Å². The smallest absolute Gasteiger partial charge is 0.234 e. The molecule has 0 saturated carbocycles. The summed E-state index contributed by atoms with van der Waals surface area (Å²) in [5.41, 5.74) is 12.6. The first-order valence-electron chi connectivity index (χ1n) is 5.86. The van der Waals surface area contributed by atoms with Gasteiger partial charge in [0.05, 0.1) is 11.7 Å². The molecule has 2 rings (SSSR count). The summed E-state index contributed by atoms with van der Waals surface area (Å²) in [6.45, 7) is 1.56. The van der Waals surface area contributed by atoms with E-state index in [1.807, 2.05) is 12.1 Å². The van der Waals surface area contributed by atoms with Gasteiger partial charge in [-0.15, -0.1) is 0 Å². The van der Waals surface area contributed by atoms with Crippen molar-refractivity contribution in [2.75, 3.05) is 6.54 Å². The number of pyridine rings is 1. The summed E-state index contributed by atoms with van der Waals surface area (Å²) in [5.74, 6) is -0.254. The van der Waals surface area contributed by atoms with Crippen molar-refractivity contribution in [2.45, 2.75) is 25.4 Å². The van der Waals surface area contributed by atoms with Crippen LogP contribution in [-0.2, 0) is 11.3 Å². The van der Waals surface area contributed by atoms with Crippen LogP contribution in [0.3, 0.4) is 0 Å². The molecule has 5 nitrogen and oxygen atoms in total. The molecule has 1 aromatic heterocycles. The van der Waals surface area contributed by atoms with Gasteiger partial charge in [0, 0.05) is 12.7 Å². The van der Waals surface area contributed by atoms with Crippen LogP contribution in [0.15, 0.2) is 18.3 Å². The third-order valence-electron chi connectivity index (χ3n) is 3.15. The zero-order valence-corrected chi connectivity index (χ0v) is 10.8. The maximum absolute atomic E-state index is 11.3. The second-order valence-corrected chi connectivity index (χ2v) is 4.88. The molecular weight excluding hydrogens is 248 g/mol. The summed E-state index contributed by atoms with van der Waals surface area (Å²) in [7, 11) is 0. The van der Waals surface area contributed by atoms with Crippen LogP contribution in [0.5, 0.6) is 0 Å². The average molecular weight is 264 g/mol. The first kappa shape index (κ1) is 12.9. The summed E-state index contributed by atoms with van der Waals surface area (Å²) < 4.78 is 0. The Morgan fingerprint density at radius 2 is 2.33 bits per heavy atom. The molecule has 1 saturated heterocycles. The number of primary amides is 1. The predicted molar refractivity (Wildman–Crippen MR) is 72.8 cm³/mol. The Morgan fingerprint density at radius 1 is 1.56 bits per heavy atom. The lowest BCUT2D eigenvalue weighted by Gasteiger charge is -2.21. The van der Waals surface area contributed by atoms with Gasteiger partial charge in [-0.2, -0.15) is 0 Å². The molecule has 0 bridgehead atoms. The lowest BCUT2D eigenvalue weighted by atomic mass is 10.2. The molecule has 1 aliphatic heterocycles. The third kappa shape index (κ3) is 2.83. The number of amides is 1. The molecule has 1 aromatic rings. The molecule has 1 aliphatic rings. The van der Waals surface area contributed by atoms with E-state index in [0.717, 1.165) is 24.9 Å². The van der Waals surface area contributed by atoms with Gasteiger partial charge >= 0.3 is 0 Å². The minimum atomic E-state index is -0.254. The first-order valence-corrected chi connectivity index (χ1v) is 6.27. The van der Waals surface area contributed by atoms with Crippen molar-refractivity contribution in [3.05, 3.63) is 29.6 Å². The summed E-state index contributed by atoms with van der Waals surface area (Å²) in [4.78, 5) is 17.8. The van der Waals surface area contributed by atoms with E-state index in [2.05, 4.69) is 9.88 Å². The van der Waals surface area contributed by atoms with E-state index in [0.29, 0.717) is 12.2 Å². The Morgan fingerprint density at radius 3 is 3.00 bits per heavy atom. The molecule has 1 fully saturated rings. The van der Waals surface area contributed by atoms with Gasteiger partial charge in [-0.3, -0.25) is 14.7 Å². The number of carbonyl (C=O) groups excluding carboxylic acids is 1. The molecule has 0 radical (unpaired) electrons. The van der Waals surface area contributed by atoms with E-state index in [9.17, 15) is 4.79 Å². The van der Waals surface area contributed by atoms with Gasteiger partial charge in [-0.05, 0) is 37.1 Å². The number of rotatable bonds is 4. The minimum absolute atomic E-state index is 0.161. The van der Waals surface area contributed by atoms with Crippen molar-refractivity contribution in [2.24, 2.45) is 11.5 Å². The van der Waals surface area contributed by atoms with Crippen LogP contribution >= 0.6 is 12.2 Å². The van der Waals surface area contributed by atoms with E-state index < -0.39 is 0 Å². The molecule has 4 N–H and O–H groups in total. The van der Waals surface area contributed by atoms with Crippen molar-refractivity contribution >= 4 is 23.1 Å². The molecule has 0 aliphatic carbocycles. The first-order chi connectivity index (χ1) is 8.58. The molecule has 96 valence electrons. The Labute approximate surface area is 111 Å². The number of carbonyl (C=O) groups is 1. The summed E-state index contributed by atoms with van der Waals surface area (Å²) >= 11 is 4.90. The normalized spacial score (nSPS) is 19.9. The van der Waals surface area contributed by atoms with Crippen LogP contribution in [0.25, 0.3) is 0 Å². The predicted octanol–water partition coefficient (Wildman–Crippen LogP) is 0.165. The summed E-state index contributed by atoms with van der Waals surface area (Å²) in [5, 5.41) is 0. The summed E-state index contributed by atoms with van der Waals surface area (Å²) in [6.07, 6.45) is 3.52. The van der Waals surface area contributed by atoms with Crippen LogP contribution in [0, 0.1) is 0 Å². The monoisotopic (exact) mass is 264 g/mol. The molecule has 1 atom stereocenters. The van der Waals surface area contributed by atoms with Crippen molar-refractivity contribution in [1.82, 2.24) is 9.88 Å². The van der Waals surface area contributed by atoms with E-state index in [-0.39, 0.29) is 16.9 Å². The second kappa shape index (κ2) is 5.41. The molecule has 2 heterocycles. The average Bonchev–Trinajstić information content (AvgIpc) is 2.77. The molecule has 0 spiro atoms. The fourth-order valence-electron chi connectivity index (χ4n) is 2.28. The quantitative estimate of drug-likeness (QED) is 0.757. The fraction of sp³-hybridized carbons (Fsp3) is 0.417. The molecular formula is C12H16N4OS. The number of thiocarbonyl (C=S) groups is 1. The summed E-state index contributed by atoms with van der Waals surface area (Å²) in [6, 6.07) is 3.60. The highest BCUT2D eigenvalue weighted by Gasteiger charge is 2.28. The molecule has 1 unspecified atom stereocenters. The molecule has 6 heteroatoms. The number of hydrogen-bond acceptors (Lipinski definition) is 4. The SMILES string of the molecule is NC(=O)C1CCCN1Cc1ccnc(C(N)=S)c1. The molecule has 1 amide bonds. The zero-order valence-electron chi connectivity index (χ0n) is 10.0. The number of nitrogens with two attached hydrogens (primary N) is 2. The molecule has 0 aromatic carbocycles. The van der Waals surface area contributed by atoms with Gasteiger partial charge in [0.2, 0.25) is 5.91 Å². The highest BCUT2D eigenvalue weighted by molar-refractivity contribution is 7.80. The van der Waals surface area contributed by atoms with Gasteiger partial charge in [0.1, 0.15) is 4.99 Å². The van der Waals surface area contributed by atoms with Crippen molar-refractivity contribution in [3.8, 4) is 0 Å². The van der Waals surface area contributed by atoms with Crippen LogP contribution in [0.1, 0.15) is 24.1 Å². The Bertz CT molecular complexity index is 477. The van der Waals surface area contributed by atoms with E-state index in [1.54, 1.807) is 6.20 Å². The maximum Gasteiger partial charge on any atom is 0.234 e. The molecule has 18 heavy (non-hydrogen) atoms. The number of aromatic nitrogens is 1. The highest BCUT2D eigenvalue weighted by atomic mass is 32.1. The minimum Gasteiger partial charge on any atom is -0.388 e. The largest absolute Gasteiger partial charge is 0.388 e. The second-order valence-electron chi connectivity index (χ2n) is 4.44. The Kier molecular flexibility index (Phi) is 3.88. The lowest BCUT2D eigenvalue weighted by molar-refractivity contribution is -0.122. The van der Waals surface area contributed by atoms with Gasteiger partial charge in [-0.25, -0.2) is 0 Å². The Hall–Kier alpha value is -1.53. The van der Waals surface area contributed by atoms with Crippen LogP contribution < -0.4 is 11.5 Å². The van der Waals surface area contributed by atoms with Gasteiger partial charge < -0.3 is 11.5 Å². The van der Waals surface area contributed by atoms with Crippen molar-refractivity contribution < 1.29 is 4.79 Å². The van der Waals surface area contributed by atoms with Crippen molar-refractivity contribution in [3.63, 3.8) is 0 Å². The van der Waals surface area contributed by atoms with Crippen LogP contribution in [0.2, 0.25) is 0 Å². The standard InChI is InChI=1S/C12H16N4OS/c13-11(17)10-2-1-5-16(10)7-8-3-4-15-9(6-8)12(14)18/h3-4,6,10H,1-2,5,7H2,(H2,13,17)(H2,14,18). The number of hydrogen-bond donors (Lipinski definition) is 2. The van der Waals surface area contributed by atoms with E-state index >= 15 is 0 Å². The van der Waals surface area contributed by atoms with E-state index in [4.69, 9.17) is 23.7 Å². The number of nitrogens with zero attached hydrogens (tertiary/aromatic N) is 2.